The number of benzene rings is 1. The fraction of sp³-hybridized carbons (Fsp3) is 0.562. The van der Waals surface area contributed by atoms with E-state index in [0.29, 0.717) is 5.92 Å². The second-order valence-corrected chi connectivity index (χ2v) is 5.74. The number of aromatic nitrogens is 1. The van der Waals surface area contributed by atoms with Crippen LogP contribution in [-0.4, -0.2) is 31.2 Å². The Labute approximate surface area is 120 Å². The molecule has 1 aliphatic rings. The molecule has 1 aliphatic heterocycles. The molecule has 0 atom stereocenters. The van der Waals surface area contributed by atoms with Crippen molar-refractivity contribution in [2.75, 3.05) is 31.1 Å². The molecule has 0 bridgehead atoms. The fourth-order valence-corrected chi connectivity index (χ4v) is 2.71. The summed E-state index contributed by atoms with van der Waals surface area (Å²) >= 11 is 0. The molecular formula is C16H23N3O. The van der Waals surface area contributed by atoms with Crippen LogP contribution >= 0.6 is 0 Å². The SMILES string of the molecule is CCc1nc2cc(C(C)C)cc(N3CCNCC3)c2o1. The highest BCUT2D eigenvalue weighted by Crippen LogP contribution is 2.32. The standard InChI is InChI=1S/C16H23N3O/c1-4-15-18-13-9-12(11(2)3)10-14(16(13)20-15)19-7-5-17-6-8-19/h9-11,17H,4-8H2,1-3H3. The van der Waals surface area contributed by atoms with Gasteiger partial charge in [0.1, 0.15) is 5.52 Å². The minimum absolute atomic E-state index is 0.503. The van der Waals surface area contributed by atoms with Crippen LogP contribution in [0.4, 0.5) is 5.69 Å². The second-order valence-electron chi connectivity index (χ2n) is 5.74. The van der Waals surface area contributed by atoms with E-state index in [9.17, 15) is 0 Å². The van der Waals surface area contributed by atoms with Gasteiger partial charge >= 0.3 is 0 Å². The molecule has 0 aliphatic carbocycles. The van der Waals surface area contributed by atoms with Gasteiger partial charge in [-0.2, -0.15) is 0 Å². The van der Waals surface area contributed by atoms with Gasteiger partial charge in [-0.15, -0.1) is 0 Å². The first kappa shape index (κ1) is 13.4. The molecule has 0 saturated carbocycles. The molecule has 0 spiro atoms. The number of hydrogen-bond acceptors (Lipinski definition) is 4. The Morgan fingerprint density at radius 1 is 1.30 bits per heavy atom. The fourth-order valence-electron chi connectivity index (χ4n) is 2.71. The summed E-state index contributed by atoms with van der Waals surface area (Å²) in [5.41, 5.74) is 4.50. The molecule has 0 unspecified atom stereocenters. The van der Waals surface area contributed by atoms with Gasteiger partial charge in [0.25, 0.3) is 0 Å². The first-order chi connectivity index (χ1) is 9.69. The highest BCUT2D eigenvalue weighted by Gasteiger charge is 2.19. The monoisotopic (exact) mass is 273 g/mol. The number of aryl methyl sites for hydroxylation is 1. The third kappa shape index (κ3) is 2.40. The molecule has 2 aromatic rings. The molecule has 2 heterocycles. The molecule has 4 nitrogen and oxygen atoms in total. The maximum atomic E-state index is 5.96. The first-order valence-corrected chi connectivity index (χ1v) is 7.58. The Morgan fingerprint density at radius 3 is 2.70 bits per heavy atom. The molecule has 3 rings (SSSR count). The molecule has 1 fully saturated rings. The number of fused-ring (bicyclic) bond motifs is 1. The number of nitrogens with one attached hydrogen (secondary N) is 1. The van der Waals surface area contributed by atoms with Gasteiger partial charge in [0.15, 0.2) is 11.5 Å². The lowest BCUT2D eigenvalue weighted by atomic mass is 10.0. The van der Waals surface area contributed by atoms with Gasteiger partial charge in [-0.1, -0.05) is 20.8 Å². The molecule has 4 heteroatoms. The molecule has 20 heavy (non-hydrogen) atoms. The maximum absolute atomic E-state index is 5.96. The van der Waals surface area contributed by atoms with Gasteiger partial charge in [-0.05, 0) is 23.6 Å². The zero-order valence-electron chi connectivity index (χ0n) is 12.6. The van der Waals surface area contributed by atoms with Crippen molar-refractivity contribution in [2.45, 2.75) is 33.1 Å². The lowest BCUT2D eigenvalue weighted by molar-refractivity contribution is 0.533. The van der Waals surface area contributed by atoms with Crippen LogP contribution in [0.15, 0.2) is 16.5 Å². The van der Waals surface area contributed by atoms with Crippen molar-refractivity contribution in [3.05, 3.63) is 23.6 Å². The minimum Gasteiger partial charge on any atom is -0.439 e. The lowest BCUT2D eigenvalue weighted by Gasteiger charge is -2.29. The molecule has 108 valence electrons. The van der Waals surface area contributed by atoms with E-state index >= 15 is 0 Å². The van der Waals surface area contributed by atoms with Crippen molar-refractivity contribution in [1.82, 2.24) is 10.3 Å². The predicted octanol–water partition coefficient (Wildman–Crippen LogP) is 2.92. The summed E-state index contributed by atoms with van der Waals surface area (Å²) in [7, 11) is 0. The molecular weight excluding hydrogens is 250 g/mol. The van der Waals surface area contributed by atoms with Crippen LogP contribution in [0.5, 0.6) is 0 Å². The van der Waals surface area contributed by atoms with Crippen LogP contribution in [0.25, 0.3) is 11.1 Å². The molecule has 0 radical (unpaired) electrons. The van der Waals surface area contributed by atoms with E-state index in [0.717, 1.165) is 49.6 Å². The average Bonchev–Trinajstić information content (AvgIpc) is 2.90. The van der Waals surface area contributed by atoms with E-state index in [4.69, 9.17) is 4.42 Å². The van der Waals surface area contributed by atoms with Gasteiger partial charge in [-0.25, -0.2) is 4.98 Å². The van der Waals surface area contributed by atoms with Crippen molar-refractivity contribution in [3.63, 3.8) is 0 Å². The number of anilines is 1. The van der Waals surface area contributed by atoms with Crippen molar-refractivity contribution in [1.29, 1.82) is 0 Å². The Balaban J connectivity index is 2.12. The molecule has 0 amide bonds. The third-order valence-electron chi connectivity index (χ3n) is 3.96. The van der Waals surface area contributed by atoms with E-state index in [1.54, 1.807) is 0 Å². The lowest BCUT2D eigenvalue weighted by Crippen LogP contribution is -2.43. The highest BCUT2D eigenvalue weighted by molar-refractivity contribution is 5.88. The smallest absolute Gasteiger partial charge is 0.195 e. The van der Waals surface area contributed by atoms with E-state index in [1.807, 2.05) is 0 Å². The summed E-state index contributed by atoms with van der Waals surface area (Å²) in [4.78, 5) is 7.03. The highest BCUT2D eigenvalue weighted by atomic mass is 16.3. The second kappa shape index (κ2) is 5.44. The van der Waals surface area contributed by atoms with Crippen molar-refractivity contribution >= 4 is 16.8 Å². The van der Waals surface area contributed by atoms with Crippen LogP contribution in [0, 0.1) is 0 Å². The Morgan fingerprint density at radius 2 is 2.05 bits per heavy atom. The van der Waals surface area contributed by atoms with Crippen molar-refractivity contribution in [2.24, 2.45) is 0 Å². The van der Waals surface area contributed by atoms with Crippen molar-refractivity contribution in [3.8, 4) is 0 Å². The van der Waals surface area contributed by atoms with Gasteiger partial charge < -0.3 is 14.6 Å². The van der Waals surface area contributed by atoms with E-state index in [2.05, 4.69) is 48.1 Å². The summed E-state index contributed by atoms with van der Waals surface area (Å²) in [5, 5.41) is 3.40. The number of hydrogen-bond donors (Lipinski definition) is 1. The molecule has 1 saturated heterocycles. The maximum Gasteiger partial charge on any atom is 0.195 e. The molecule has 1 aromatic carbocycles. The summed E-state index contributed by atoms with van der Waals surface area (Å²) in [6, 6.07) is 4.46. The normalized spacial score (nSPS) is 16.3. The number of rotatable bonds is 3. The van der Waals surface area contributed by atoms with Crippen LogP contribution < -0.4 is 10.2 Å². The van der Waals surface area contributed by atoms with Crippen LogP contribution in [-0.2, 0) is 6.42 Å². The summed E-state index contributed by atoms with van der Waals surface area (Å²) in [6.45, 7) is 10.6. The van der Waals surface area contributed by atoms with Crippen molar-refractivity contribution < 1.29 is 4.42 Å². The zero-order valence-corrected chi connectivity index (χ0v) is 12.6. The Bertz CT molecular complexity index is 597. The van der Waals surface area contributed by atoms with Crippen LogP contribution in [0.3, 0.4) is 0 Å². The van der Waals surface area contributed by atoms with Gasteiger partial charge in [0.2, 0.25) is 0 Å². The van der Waals surface area contributed by atoms with Gasteiger partial charge in [-0.3, -0.25) is 0 Å². The topological polar surface area (TPSA) is 41.3 Å². The molecule has 1 N–H and O–H groups in total. The predicted molar refractivity (Wildman–Crippen MR) is 82.6 cm³/mol. The first-order valence-electron chi connectivity index (χ1n) is 7.58. The van der Waals surface area contributed by atoms with Gasteiger partial charge in [0.05, 0.1) is 5.69 Å². The van der Waals surface area contributed by atoms with E-state index in [1.165, 1.54) is 11.3 Å². The average molecular weight is 273 g/mol. The van der Waals surface area contributed by atoms with Crippen LogP contribution in [0.2, 0.25) is 0 Å². The van der Waals surface area contributed by atoms with Crippen LogP contribution in [0.1, 0.15) is 38.1 Å². The largest absolute Gasteiger partial charge is 0.439 e. The van der Waals surface area contributed by atoms with E-state index < -0.39 is 0 Å². The van der Waals surface area contributed by atoms with E-state index in [-0.39, 0.29) is 0 Å². The zero-order chi connectivity index (χ0) is 14.1. The number of piperazine rings is 1. The summed E-state index contributed by atoms with van der Waals surface area (Å²) < 4.78 is 5.96. The summed E-state index contributed by atoms with van der Waals surface area (Å²) in [5.74, 6) is 1.33. The third-order valence-corrected chi connectivity index (χ3v) is 3.96. The number of nitrogens with zero attached hydrogens (tertiary/aromatic N) is 2. The number of oxazole rings is 1. The Kier molecular flexibility index (Phi) is 3.66. The van der Waals surface area contributed by atoms with Gasteiger partial charge in [0, 0.05) is 32.6 Å². The summed E-state index contributed by atoms with van der Waals surface area (Å²) in [6.07, 6.45) is 0.840. The quantitative estimate of drug-likeness (QED) is 0.933. The Hall–Kier alpha value is -1.55. The molecule has 1 aromatic heterocycles. The minimum atomic E-state index is 0.503.